The number of hydrogen-bond donors (Lipinski definition) is 0. The first-order valence-corrected chi connectivity index (χ1v) is 16.8. The average Bonchev–Trinajstić information content (AvgIpc) is 3.32. The first-order chi connectivity index (χ1) is 19.3. The van der Waals surface area contributed by atoms with Gasteiger partial charge in [0.25, 0.3) is 0 Å². The molecule has 0 heterocycles. The van der Waals surface area contributed by atoms with E-state index in [4.69, 9.17) is 0 Å². The van der Waals surface area contributed by atoms with Crippen molar-refractivity contribution in [3.63, 3.8) is 0 Å². The molecule has 0 fully saturated rings. The lowest BCUT2D eigenvalue weighted by atomic mass is 9.69. The number of benzene rings is 3. The molecule has 0 radical (unpaired) electrons. The smallest absolute Gasteiger partial charge is 0.0215 e. The largest absolute Gasteiger partial charge is 0.0654 e. The van der Waals surface area contributed by atoms with E-state index in [0.29, 0.717) is 0 Å². The molecule has 0 atom stereocenters. The van der Waals surface area contributed by atoms with E-state index >= 15 is 0 Å². The molecule has 0 unspecified atom stereocenters. The second-order valence-electron chi connectivity index (χ2n) is 13.8. The van der Waals surface area contributed by atoms with Crippen LogP contribution in [0.15, 0.2) is 48.5 Å². The van der Waals surface area contributed by atoms with Crippen LogP contribution in [0.25, 0.3) is 22.3 Å². The van der Waals surface area contributed by atoms with E-state index < -0.39 is 0 Å². The molecule has 3 aromatic rings. The zero-order valence-electron chi connectivity index (χ0n) is 26.5. The standard InChI is InChI=1S/C40H54/c1-7-9-11-13-15-17-23-40(24-18-16-14-12-10-8-2)37-26-30(4)20-22-32(37)34-27-36-33(28-38(34)40)31-21-19-29(3)25-35(31)39(36,5)6/h19-22,25-28H,7-18,23-24H2,1-6H3. The second-order valence-corrected chi connectivity index (χ2v) is 13.8. The van der Waals surface area contributed by atoms with Gasteiger partial charge in [0, 0.05) is 10.8 Å². The fourth-order valence-electron chi connectivity index (χ4n) is 8.03. The zero-order chi connectivity index (χ0) is 28.3. The van der Waals surface area contributed by atoms with Crippen molar-refractivity contribution in [1.82, 2.24) is 0 Å². The Morgan fingerprint density at radius 2 is 0.850 bits per heavy atom. The Morgan fingerprint density at radius 1 is 0.450 bits per heavy atom. The number of unbranched alkanes of at least 4 members (excludes halogenated alkanes) is 10. The van der Waals surface area contributed by atoms with Gasteiger partial charge in [0.15, 0.2) is 0 Å². The molecule has 0 bridgehead atoms. The van der Waals surface area contributed by atoms with Gasteiger partial charge in [-0.2, -0.15) is 0 Å². The Hall–Kier alpha value is -2.34. The van der Waals surface area contributed by atoms with Crippen LogP contribution >= 0.6 is 0 Å². The van der Waals surface area contributed by atoms with Gasteiger partial charge in [-0.25, -0.2) is 0 Å². The highest BCUT2D eigenvalue weighted by atomic mass is 14.5. The molecule has 0 nitrogen and oxygen atoms in total. The second kappa shape index (κ2) is 12.3. The molecule has 5 rings (SSSR count). The lowest BCUT2D eigenvalue weighted by Crippen LogP contribution is -2.26. The van der Waals surface area contributed by atoms with Gasteiger partial charge in [-0.3, -0.25) is 0 Å². The summed E-state index contributed by atoms with van der Waals surface area (Å²) in [6.45, 7) is 14.1. The third-order valence-electron chi connectivity index (χ3n) is 10.4. The topological polar surface area (TPSA) is 0 Å². The molecular weight excluding hydrogens is 480 g/mol. The summed E-state index contributed by atoms with van der Waals surface area (Å²) in [6.07, 6.45) is 19.0. The van der Waals surface area contributed by atoms with Crippen LogP contribution in [0.4, 0.5) is 0 Å². The summed E-state index contributed by atoms with van der Waals surface area (Å²) in [5.41, 5.74) is 15.3. The molecule has 3 aromatic carbocycles. The van der Waals surface area contributed by atoms with Gasteiger partial charge in [0.1, 0.15) is 0 Å². The van der Waals surface area contributed by atoms with Crippen LogP contribution in [0.5, 0.6) is 0 Å². The zero-order valence-corrected chi connectivity index (χ0v) is 26.5. The van der Waals surface area contributed by atoms with Gasteiger partial charge < -0.3 is 0 Å². The van der Waals surface area contributed by atoms with Crippen molar-refractivity contribution in [1.29, 1.82) is 0 Å². The molecule has 0 amide bonds. The quantitative estimate of drug-likeness (QED) is 0.180. The summed E-state index contributed by atoms with van der Waals surface area (Å²) >= 11 is 0. The van der Waals surface area contributed by atoms with Crippen molar-refractivity contribution in [3.8, 4) is 22.3 Å². The average molecular weight is 535 g/mol. The molecule has 0 saturated heterocycles. The Balaban J connectivity index is 1.58. The highest BCUT2D eigenvalue weighted by molar-refractivity contribution is 5.90. The molecule has 214 valence electrons. The molecule has 2 aliphatic carbocycles. The number of aryl methyl sites for hydroxylation is 2. The van der Waals surface area contributed by atoms with E-state index in [1.165, 1.54) is 134 Å². The SMILES string of the molecule is CCCCCCCCC1(CCCCCCCC)c2cc(C)ccc2-c2cc3c(cc21)-c1ccc(C)cc1C3(C)C. The van der Waals surface area contributed by atoms with Gasteiger partial charge in [0.05, 0.1) is 0 Å². The van der Waals surface area contributed by atoms with Crippen LogP contribution < -0.4 is 0 Å². The summed E-state index contributed by atoms with van der Waals surface area (Å²) in [6, 6.07) is 19.8. The predicted octanol–water partition coefficient (Wildman–Crippen LogP) is 12.4. The molecule has 0 aliphatic heterocycles. The van der Waals surface area contributed by atoms with E-state index in [1.54, 1.807) is 11.1 Å². The van der Waals surface area contributed by atoms with Crippen molar-refractivity contribution in [3.05, 3.63) is 81.9 Å². The molecule has 0 saturated carbocycles. The van der Waals surface area contributed by atoms with Crippen LogP contribution in [0.2, 0.25) is 0 Å². The van der Waals surface area contributed by atoms with E-state index in [2.05, 4.69) is 90.1 Å². The molecule has 0 heteroatoms. The van der Waals surface area contributed by atoms with E-state index in [0.717, 1.165) is 0 Å². The first-order valence-electron chi connectivity index (χ1n) is 16.8. The molecule has 40 heavy (non-hydrogen) atoms. The normalized spacial score (nSPS) is 15.6. The molecule has 0 spiro atoms. The minimum atomic E-state index is 0.0420. The number of fused-ring (bicyclic) bond motifs is 6. The highest BCUT2D eigenvalue weighted by Crippen LogP contribution is 2.59. The fraction of sp³-hybridized carbons (Fsp3) is 0.550. The Bertz CT molecular complexity index is 1300. The third-order valence-corrected chi connectivity index (χ3v) is 10.4. The summed E-state index contributed by atoms with van der Waals surface area (Å²) in [5.74, 6) is 0. The van der Waals surface area contributed by atoms with Crippen LogP contribution in [0, 0.1) is 13.8 Å². The van der Waals surface area contributed by atoms with Gasteiger partial charge >= 0.3 is 0 Å². The van der Waals surface area contributed by atoms with Crippen molar-refractivity contribution < 1.29 is 0 Å². The molecule has 0 N–H and O–H groups in total. The summed E-state index contributed by atoms with van der Waals surface area (Å²) in [7, 11) is 0. The number of hydrogen-bond acceptors (Lipinski definition) is 0. The van der Waals surface area contributed by atoms with Crippen LogP contribution in [-0.4, -0.2) is 0 Å². The Morgan fingerprint density at radius 3 is 1.43 bits per heavy atom. The maximum Gasteiger partial charge on any atom is 0.0215 e. The van der Waals surface area contributed by atoms with Crippen molar-refractivity contribution in [2.45, 2.75) is 142 Å². The highest BCUT2D eigenvalue weighted by Gasteiger charge is 2.45. The van der Waals surface area contributed by atoms with Gasteiger partial charge in [-0.1, -0.05) is 152 Å². The molecule has 2 aliphatic rings. The molecule has 0 aromatic heterocycles. The monoisotopic (exact) mass is 534 g/mol. The fourth-order valence-corrected chi connectivity index (χ4v) is 8.03. The van der Waals surface area contributed by atoms with Gasteiger partial charge in [-0.05, 0) is 83.3 Å². The third kappa shape index (κ3) is 5.33. The summed E-state index contributed by atoms with van der Waals surface area (Å²) in [4.78, 5) is 0. The van der Waals surface area contributed by atoms with E-state index in [-0.39, 0.29) is 10.8 Å². The van der Waals surface area contributed by atoms with Gasteiger partial charge in [0.2, 0.25) is 0 Å². The van der Waals surface area contributed by atoms with E-state index in [1.807, 2.05) is 0 Å². The molecular formula is C40H54. The Kier molecular flexibility index (Phi) is 8.94. The van der Waals surface area contributed by atoms with E-state index in [9.17, 15) is 0 Å². The minimum absolute atomic E-state index is 0.0420. The van der Waals surface area contributed by atoms with Crippen LogP contribution in [0.3, 0.4) is 0 Å². The van der Waals surface area contributed by atoms with Gasteiger partial charge in [-0.15, -0.1) is 0 Å². The van der Waals surface area contributed by atoms with Crippen molar-refractivity contribution in [2.24, 2.45) is 0 Å². The first kappa shape index (κ1) is 29.2. The van der Waals surface area contributed by atoms with Crippen molar-refractivity contribution in [2.75, 3.05) is 0 Å². The maximum atomic E-state index is 2.68. The maximum absolute atomic E-state index is 2.68. The van der Waals surface area contributed by atoms with Crippen LogP contribution in [-0.2, 0) is 10.8 Å². The van der Waals surface area contributed by atoms with Crippen molar-refractivity contribution >= 4 is 0 Å². The summed E-state index contributed by atoms with van der Waals surface area (Å²) < 4.78 is 0. The number of rotatable bonds is 14. The lowest BCUT2D eigenvalue weighted by Gasteiger charge is -2.33. The lowest BCUT2D eigenvalue weighted by molar-refractivity contribution is 0.397. The predicted molar refractivity (Wildman–Crippen MR) is 176 cm³/mol. The Labute approximate surface area is 246 Å². The van der Waals surface area contributed by atoms with Crippen LogP contribution in [0.1, 0.15) is 151 Å². The minimum Gasteiger partial charge on any atom is -0.0654 e. The summed E-state index contributed by atoms with van der Waals surface area (Å²) in [5, 5.41) is 0.